The van der Waals surface area contributed by atoms with Gasteiger partial charge in [-0.15, -0.1) is 0 Å². The van der Waals surface area contributed by atoms with E-state index in [4.69, 9.17) is 4.42 Å². The van der Waals surface area contributed by atoms with Crippen molar-refractivity contribution in [2.24, 2.45) is 0 Å². The van der Waals surface area contributed by atoms with E-state index < -0.39 is 17.5 Å². The van der Waals surface area contributed by atoms with Crippen LogP contribution in [0.5, 0.6) is 0 Å². The van der Waals surface area contributed by atoms with Gasteiger partial charge in [-0.2, -0.15) is 0 Å². The van der Waals surface area contributed by atoms with Crippen LogP contribution in [0.2, 0.25) is 0 Å². The number of carbonyl (C=O) groups excluding carboxylic acids is 1. The van der Waals surface area contributed by atoms with Crippen LogP contribution in [0.1, 0.15) is 32.1 Å². The number of halogens is 1. The zero-order valence-electron chi connectivity index (χ0n) is 15.8. The van der Waals surface area contributed by atoms with E-state index in [-0.39, 0.29) is 17.4 Å². The summed E-state index contributed by atoms with van der Waals surface area (Å²) in [6.07, 6.45) is 5.46. The van der Waals surface area contributed by atoms with E-state index in [1.165, 1.54) is 24.6 Å². The number of carbonyl (C=O) groups is 1. The summed E-state index contributed by atoms with van der Waals surface area (Å²) in [4.78, 5) is 25.1. The molecule has 0 unspecified atom stereocenters. The first-order chi connectivity index (χ1) is 14.1. The van der Waals surface area contributed by atoms with Crippen LogP contribution in [0, 0.1) is 5.82 Å². The van der Waals surface area contributed by atoms with Gasteiger partial charge in [-0.05, 0) is 43.2 Å². The number of benzene rings is 2. The highest BCUT2D eigenvalue weighted by molar-refractivity contribution is 6.05. The van der Waals surface area contributed by atoms with E-state index in [9.17, 15) is 14.0 Å². The molecule has 2 aromatic carbocycles. The van der Waals surface area contributed by atoms with Crippen molar-refractivity contribution in [2.45, 2.75) is 38.1 Å². The minimum absolute atomic E-state index is 0.0446. The maximum absolute atomic E-state index is 13.4. The van der Waals surface area contributed by atoms with Crippen LogP contribution in [-0.2, 0) is 0 Å². The van der Waals surface area contributed by atoms with Crippen molar-refractivity contribution in [3.8, 4) is 0 Å². The second-order valence-electron chi connectivity index (χ2n) is 7.20. The highest BCUT2D eigenvalue weighted by atomic mass is 19.1. The Bertz CT molecular complexity index is 1090. The molecule has 1 saturated carbocycles. The summed E-state index contributed by atoms with van der Waals surface area (Å²) in [6.45, 7) is 0. The first-order valence-corrected chi connectivity index (χ1v) is 9.76. The zero-order valence-corrected chi connectivity index (χ0v) is 15.8. The molecule has 4 rings (SSSR count). The lowest BCUT2D eigenvalue weighted by Crippen LogP contribution is -2.27. The van der Waals surface area contributed by atoms with Crippen LogP contribution >= 0.6 is 0 Å². The first kappa shape index (κ1) is 19.0. The highest BCUT2D eigenvalue weighted by Gasteiger charge is 2.21. The summed E-state index contributed by atoms with van der Waals surface area (Å²) in [5.41, 5.74) is 0.694. The van der Waals surface area contributed by atoms with Gasteiger partial charge in [-0.1, -0.05) is 37.5 Å². The van der Waals surface area contributed by atoms with Crippen LogP contribution in [0.4, 0.5) is 26.2 Å². The van der Waals surface area contributed by atoms with Crippen molar-refractivity contribution in [1.29, 1.82) is 0 Å². The third-order valence-electron chi connectivity index (χ3n) is 5.09. The summed E-state index contributed by atoms with van der Waals surface area (Å²) in [6, 6.07) is 12.3. The molecule has 1 fully saturated rings. The normalized spacial score (nSPS) is 14.5. The maximum atomic E-state index is 13.4. The molecular formula is C22H22FN3O3. The van der Waals surface area contributed by atoms with E-state index in [0.29, 0.717) is 11.3 Å². The molecule has 3 aromatic rings. The van der Waals surface area contributed by atoms with Crippen LogP contribution in [-0.4, -0.2) is 12.1 Å². The molecule has 0 aliphatic heterocycles. The van der Waals surface area contributed by atoms with Crippen LogP contribution in [0.15, 0.2) is 57.7 Å². The molecule has 1 aromatic heterocycles. The van der Waals surface area contributed by atoms with E-state index in [1.807, 2.05) is 12.1 Å². The molecular weight excluding hydrogens is 373 g/mol. The molecule has 2 amide bonds. The lowest BCUT2D eigenvalue weighted by molar-refractivity contribution is 0.262. The quantitative estimate of drug-likeness (QED) is 0.522. The molecule has 0 radical (unpaired) electrons. The fourth-order valence-electron chi connectivity index (χ4n) is 3.71. The van der Waals surface area contributed by atoms with Crippen molar-refractivity contribution in [3.63, 3.8) is 0 Å². The monoisotopic (exact) mass is 395 g/mol. The molecule has 29 heavy (non-hydrogen) atoms. The number of para-hydroxylation sites is 1. The number of anilines is 3. The summed E-state index contributed by atoms with van der Waals surface area (Å²) < 4.78 is 18.8. The van der Waals surface area contributed by atoms with Gasteiger partial charge in [-0.3, -0.25) is 5.32 Å². The molecule has 0 spiro atoms. The molecule has 7 heteroatoms. The minimum Gasteiger partial charge on any atom is -0.421 e. The predicted octanol–water partition coefficient (Wildman–Crippen LogP) is 5.32. The van der Waals surface area contributed by atoms with Gasteiger partial charge in [0.05, 0.1) is 5.69 Å². The fraction of sp³-hybridized carbons (Fsp3) is 0.273. The third kappa shape index (κ3) is 4.39. The number of hydrogen-bond donors (Lipinski definition) is 3. The Morgan fingerprint density at radius 1 is 0.966 bits per heavy atom. The van der Waals surface area contributed by atoms with Crippen LogP contribution in [0.25, 0.3) is 11.0 Å². The molecule has 0 saturated heterocycles. The van der Waals surface area contributed by atoms with E-state index in [2.05, 4.69) is 16.0 Å². The summed E-state index contributed by atoms with van der Waals surface area (Å²) in [5, 5.41) is 9.30. The van der Waals surface area contributed by atoms with Gasteiger partial charge in [0.15, 0.2) is 5.69 Å². The van der Waals surface area contributed by atoms with Crippen molar-refractivity contribution in [1.82, 2.24) is 0 Å². The number of nitrogens with one attached hydrogen (secondary N) is 3. The number of urea groups is 1. The lowest BCUT2D eigenvalue weighted by atomic mass is 9.95. The van der Waals surface area contributed by atoms with Crippen LogP contribution in [0.3, 0.4) is 0 Å². The van der Waals surface area contributed by atoms with Gasteiger partial charge in [0, 0.05) is 17.1 Å². The smallest absolute Gasteiger partial charge is 0.362 e. The summed E-state index contributed by atoms with van der Waals surface area (Å²) >= 11 is 0. The Balaban J connectivity index is 1.66. The average Bonchev–Trinajstić information content (AvgIpc) is 2.71. The molecule has 6 nitrogen and oxygen atoms in total. The Morgan fingerprint density at radius 3 is 2.55 bits per heavy atom. The lowest BCUT2D eigenvalue weighted by Gasteiger charge is -2.25. The predicted molar refractivity (Wildman–Crippen MR) is 112 cm³/mol. The van der Waals surface area contributed by atoms with Crippen LogP contribution < -0.4 is 21.6 Å². The van der Waals surface area contributed by atoms with Crippen molar-refractivity contribution >= 4 is 34.1 Å². The topological polar surface area (TPSA) is 83.4 Å². The fourth-order valence-corrected chi connectivity index (χ4v) is 3.71. The van der Waals surface area contributed by atoms with Gasteiger partial charge in [-0.25, -0.2) is 14.0 Å². The minimum atomic E-state index is -0.648. The van der Waals surface area contributed by atoms with Gasteiger partial charge < -0.3 is 15.1 Å². The van der Waals surface area contributed by atoms with Gasteiger partial charge in [0.1, 0.15) is 11.4 Å². The second kappa shape index (κ2) is 8.34. The Labute approximate surface area is 167 Å². The number of fused-ring (bicyclic) bond motifs is 1. The van der Waals surface area contributed by atoms with Crippen molar-refractivity contribution in [3.05, 3.63) is 64.8 Å². The number of rotatable bonds is 4. The Hall–Kier alpha value is -3.35. The summed E-state index contributed by atoms with van der Waals surface area (Å²) in [5.74, 6) is -0.465. The molecule has 3 N–H and O–H groups in total. The molecule has 150 valence electrons. The van der Waals surface area contributed by atoms with Gasteiger partial charge in [0.25, 0.3) is 0 Å². The molecule has 1 aliphatic rings. The van der Waals surface area contributed by atoms with E-state index in [1.54, 1.807) is 18.2 Å². The Morgan fingerprint density at radius 2 is 1.76 bits per heavy atom. The van der Waals surface area contributed by atoms with Gasteiger partial charge in [0.2, 0.25) is 0 Å². The maximum Gasteiger partial charge on any atom is 0.362 e. The van der Waals surface area contributed by atoms with E-state index >= 15 is 0 Å². The molecule has 0 atom stereocenters. The summed E-state index contributed by atoms with van der Waals surface area (Å²) in [7, 11) is 0. The molecule has 0 bridgehead atoms. The SMILES string of the molecule is O=C(Nc1cccc(F)c1)Nc1c(NC2CCCCC2)c2ccccc2oc1=O. The Kier molecular flexibility index (Phi) is 5.46. The number of amides is 2. The second-order valence-corrected chi connectivity index (χ2v) is 7.20. The largest absolute Gasteiger partial charge is 0.421 e. The highest BCUT2D eigenvalue weighted by Crippen LogP contribution is 2.31. The number of hydrogen-bond acceptors (Lipinski definition) is 4. The standard InChI is InChI=1S/C22H22FN3O3/c23-14-7-6-10-16(13-14)25-22(28)26-20-19(24-15-8-2-1-3-9-15)17-11-4-5-12-18(17)29-21(20)27/h4-7,10-13,15,24H,1-3,8-9H2,(H2,25,26,28). The van der Waals surface area contributed by atoms with Crippen molar-refractivity contribution < 1.29 is 13.6 Å². The van der Waals surface area contributed by atoms with Crippen molar-refractivity contribution in [2.75, 3.05) is 16.0 Å². The first-order valence-electron chi connectivity index (χ1n) is 9.76. The van der Waals surface area contributed by atoms with Gasteiger partial charge >= 0.3 is 11.7 Å². The zero-order chi connectivity index (χ0) is 20.2. The van der Waals surface area contributed by atoms with E-state index in [0.717, 1.165) is 31.1 Å². The molecule has 1 heterocycles. The third-order valence-corrected chi connectivity index (χ3v) is 5.09. The molecule has 1 aliphatic carbocycles. The average molecular weight is 395 g/mol.